The van der Waals surface area contributed by atoms with Crippen LogP contribution in [0.15, 0.2) is 6.07 Å². The number of hydrogen-bond acceptors (Lipinski definition) is 7. The van der Waals surface area contributed by atoms with Crippen LogP contribution in [-0.2, 0) is 4.74 Å². The Labute approximate surface area is 124 Å². The van der Waals surface area contributed by atoms with Crippen LogP contribution in [0.2, 0.25) is 0 Å². The highest BCUT2D eigenvalue weighted by molar-refractivity contribution is 5.67. The standard InChI is InChI=1S/C13H22N6O2/c1-8(2)12-16-10(18-14)6-11(17-12)19-5-4-9(7-19)15-13(20)21-3/h6,8-9H,4-5,7,14H2,1-3H3,(H,15,20)(H,16,17,18). The van der Waals surface area contributed by atoms with Gasteiger partial charge in [0, 0.05) is 25.1 Å². The van der Waals surface area contributed by atoms with Gasteiger partial charge in [-0.25, -0.2) is 20.6 Å². The van der Waals surface area contributed by atoms with E-state index in [2.05, 4.69) is 30.3 Å². The van der Waals surface area contributed by atoms with Crippen molar-refractivity contribution in [3.63, 3.8) is 0 Å². The van der Waals surface area contributed by atoms with Crippen molar-refractivity contribution in [2.24, 2.45) is 5.84 Å². The number of ether oxygens (including phenoxy) is 1. The number of nitrogens with one attached hydrogen (secondary N) is 2. The molecule has 116 valence electrons. The van der Waals surface area contributed by atoms with Gasteiger partial charge in [-0.05, 0) is 6.42 Å². The van der Waals surface area contributed by atoms with Crippen molar-refractivity contribution >= 4 is 17.7 Å². The van der Waals surface area contributed by atoms with Crippen LogP contribution >= 0.6 is 0 Å². The first kappa shape index (κ1) is 15.3. The Morgan fingerprint density at radius 3 is 2.90 bits per heavy atom. The summed E-state index contributed by atoms with van der Waals surface area (Å²) in [6.07, 6.45) is 0.443. The number of carbonyl (C=O) groups excluding carboxylic acids is 1. The topological polar surface area (TPSA) is 105 Å². The lowest BCUT2D eigenvalue weighted by atomic mass is 10.2. The fraction of sp³-hybridized carbons (Fsp3) is 0.615. The smallest absolute Gasteiger partial charge is 0.407 e. The van der Waals surface area contributed by atoms with Crippen molar-refractivity contribution in [1.29, 1.82) is 0 Å². The first-order chi connectivity index (χ1) is 10.0. The lowest BCUT2D eigenvalue weighted by Gasteiger charge is -2.19. The Bertz CT molecular complexity index is 507. The SMILES string of the molecule is COC(=O)NC1CCN(c2cc(NN)nc(C(C)C)n2)C1. The summed E-state index contributed by atoms with van der Waals surface area (Å²) < 4.78 is 4.62. The maximum absolute atomic E-state index is 11.3. The fourth-order valence-electron chi connectivity index (χ4n) is 2.26. The second kappa shape index (κ2) is 6.57. The molecule has 1 aromatic heterocycles. The van der Waals surface area contributed by atoms with Crippen molar-refractivity contribution in [1.82, 2.24) is 15.3 Å². The Morgan fingerprint density at radius 2 is 2.29 bits per heavy atom. The van der Waals surface area contributed by atoms with Crippen molar-refractivity contribution in [3.05, 3.63) is 11.9 Å². The minimum absolute atomic E-state index is 0.0594. The number of nitrogens with two attached hydrogens (primary N) is 1. The molecule has 0 radical (unpaired) electrons. The molecule has 0 saturated carbocycles. The summed E-state index contributed by atoms with van der Waals surface area (Å²) in [7, 11) is 1.36. The third kappa shape index (κ3) is 3.72. The van der Waals surface area contributed by atoms with E-state index < -0.39 is 6.09 Å². The number of alkyl carbamates (subject to hydrolysis) is 1. The van der Waals surface area contributed by atoms with Crippen LogP contribution in [-0.4, -0.2) is 42.3 Å². The third-order valence-corrected chi connectivity index (χ3v) is 3.41. The van der Waals surface area contributed by atoms with E-state index in [4.69, 9.17) is 5.84 Å². The number of carbonyl (C=O) groups is 1. The highest BCUT2D eigenvalue weighted by Crippen LogP contribution is 2.23. The molecule has 1 amide bonds. The van der Waals surface area contributed by atoms with Gasteiger partial charge in [0.15, 0.2) is 0 Å². The molecule has 0 bridgehead atoms. The first-order valence-electron chi connectivity index (χ1n) is 6.98. The molecular weight excluding hydrogens is 272 g/mol. The predicted octanol–water partition coefficient (Wildman–Crippen LogP) is 0.820. The van der Waals surface area contributed by atoms with Gasteiger partial charge in [0.05, 0.1) is 13.2 Å². The van der Waals surface area contributed by atoms with Crippen LogP contribution < -0.4 is 21.5 Å². The largest absolute Gasteiger partial charge is 0.453 e. The second-order valence-corrected chi connectivity index (χ2v) is 5.34. The van der Waals surface area contributed by atoms with Crippen LogP contribution in [0, 0.1) is 0 Å². The molecule has 1 saturated heterocycles. The van der Waals surface area contributed by atoms with E-state index in [0.29, 0.717) is 12.4 Å². The molecule has 1 aliphatic heterocycles. The number of aromatic nitrogens is 2. The zero-order chi connectivity index (χ0) is 15.4. The highest BCUT2D eigenvalue weighted by atomic mass is 16.5. The summed E-state index contributed by atoms with van der Waals surface area (Å²) in [6, 6.07) is 1.87. The summed E-state index contributed by atoms with van der Waals surface area (Å²) in [5, 5.41) is 2.81. The molecular formula is C13H22N6O2. The summed E-state index contributed by atoms with van der Waals surface area (Å²) in [5.41, 5.74) is 2.57. The van der Waals surface area contributed by atoms with Crippen LogP contribution in [0.25, 0.3) is 0 Å². The number of amides is 1. The maximum atomic E-state index is 11.3. The number of anilines is 2. The minimum Gasteiger partial charge on any atom is -0.453 e. The Balaban J connectivity index is 2.12. The van der Waals surface area contributed by atoms with Gasteiger partial charge >= 0.3 is 6.09 Å². The normalized spacial score (nSPS) is 18.0. The van der Waals surface area contributed by atoms with Gasteiger partial charge in [-0.15, -0.1) is 0 Å². The van der Waals surface area contributed by atoms with E-state index in [0.717, 1.165) is 24.6 Å². The van der Waals surface area contributed by atoms with Crippen molar-refractivity contribution in [2.45, 2.75) is 32.2 Å². The van der Waals surface area contributed by atoms with Crippen LogP contribution in [0.1, 0.15) is 32.0 Å². The zero-order valence-electron chi connectivity index (χ0n) is 12.6. The van der Waals surface area contributed by atoms with Crippen molar-refractivity contribution in [2.75, 3.05) is 30.5 Å². The Morgan fingerprint density at radius 1 is 1.52 bits per heavy atom. The van der Waals surface area contributed by atoms with Gasteiger partial charge in [0.2, 0.25) is 0 Å². The molecule has 1 aliphatic rings. The van der Waals surface area contributed by atoms with Gasteiger partial charge < -0.3 is 20.4 Å². The summed E-state index contributed by atoms with van der Waals surface area (Å²) in [4.78, 5) is 22.3. The van der Waals surface area contributed by atoms with Crippen LogP contribution in [0.5, 0.6) is 0 Å². The molecule has 8 heteroatoms. The first-order valence-corrected chi connectivity index (χ1v) is 6.98. The van der Waals surface area contributed by atoms with Crippen molar-refractivity contribution in [3.8, 4) is 0 Å². The fourth-order valence-corrected chi connectivity index (χ4v) is 2.26. The molecule has 4 N–H and O–H groups in total. The number of nitrogens with zero attached hydrogens (tertiary/aromatic N) is 3. The molecule has 1 atom stereocenters. The van der Waals surface area contributed by atoms with E-state index >= 15 is 0 Å². The number of hydrazine groups is 1. The second-order valence-electron chi connectivity index (χ2n) is 5.34. The van der Waals surface area contributed by atoms with E-state index in [9.17, 15) is 4.79 Å². The number of rotatable bonds is 4. The molecule has 0 spiro atoms. The molecule has 21 heavy (non-hydrogen) atoms. The molecule has 2 heterocycles. The highest BCUT2D eigenvalue weighted by Gasteiger charge is 2.26. The van der Waals surface area contributed by atoms with Gasteiger partial charge in [-0.3, -0.25) is 0 Å². The lowest BCUT2D eigenvalue weighted by Crippen LogP contribution is -2.37. The van der Waals surface area contributed by atoms with Crippen LogP contribution in [0.4, 0.5) is 16.4 Å². The molecule has 1 aromatic rings. The molecule has 0 aromatic carbocycles. The van der Waals surface area contributed by atoms with Gasteiger partial charge in [-0.1, -0.05) is 13.8 Å². The average Bonchev–Trinajstić information content (AvgIpc) is 2.94. The quantitative estimate of drug-likeness (QED) is 0.557. The number of hydrogen-bond donors (Lipinski definition) is 3. The molecule has 1 fully saturated rings. The number of methoxy groups -OCH3 is 1. The van der Waals surface area contributed by atoms with E-state index in [1.165, 1.54) is 7.11 Å². The third-order valence-electron chi connectivity index (χ3n) is 3.41. The molecule has 8 nitrogen and oxygen atoms in total. The monoisotopic (exact) mass is 294 g/mol. The predicted molar refractivity (Wildman–Crippen MR) is 80.1 cm³/mol. The lowest BCUT2D eigenvalue weighted by molar-refractivity contribution is 0.167. The van der Waals surface area contributed by atoms with Crippen LogP contribution in [0.3, 0.4) is 0 Å². The average molecular weight is 294 g/mol. The van der Waals surface area contributed by atoms with Crippen molar-refractivity contribution < 1.29 is 9.53 Å². The molecule has 1 unspecified atom stereocenters. The van der Waals surface area contributed by atoms with Gasteiger partial charge in [0.25, 0.3) is 0 Å². The van der Waals surface area contributed by atoms with E-state index in [1.54, 1.807) is 0 Å². The number of nitrogen functional groups attached to an aromatic ring is 1. The minimum atomic E-state index is -0.406. The van der Waals surface area contributed by atoms with E-state index in [1.807, 2.05) is 19.9 Å². The summed E-state index contributed by atoms with van der Waals surface area (Å²) in [5.74, 6) is 7.82. The summed E-state index contributed by atoms with van der Waals surface area (Å²) in [6.45, 7) is 5.57. The van der Waals surface area contributed by atoms with E-state index in [-0.39, 0.29) is 12.0 Å². The summed E-state index contributed by atoms with van der Waals surface area (Å²) >= 11 is 0. The Kier molecular flexibility index (Phi) is 4.79. The van der Waals surface area contributed by atoms with Gasteiger partial charge in [0.1, 0.15) is 17.5 Å². The maximum Gasteiger partial charge on any atom is 0.407 e. The molecule has 0 aliphatic carbocycles. The van der Waals surface area contributed by atoms with Gasteiger partial charge in [-0.2, -0.15) is 0 Å². The zero-order valence-corrected chi connectivity index (χ0v) is 12.6. The molecule has 2 rings (SSSR count). The Hall–Kier alpha value is -2.09.